The number of hydrogen-bond donors (Lipinski definition) is 0. The third-order valence-corrected chi connectivity index (χ3v) is 16.2. The van der Waals surface area contributed by atoms with Gasteiger partial charge in [0, 0.05) is 19.3 Å². The first kappa shape index (κ1) is 79.8. The van der Waals surface area contributed by atoms with Gasteiger partial charge in [-0.15, -0.1) is 0 Å². The van der Waals surface area contributed by atoms with E-state index in [1.165, 1.54) is 244 Å². The molecule has 0 aliphatic heterocycles. The first-order chi connectivity index (χ1) is 41.0. The average molecular weight is 1160 g/mol. The number of hydrogen-bond acceptors (Lipinski definition) is 6. The van der Waals surface area contributed by atoms with Crippen LogP contribution in [0.5, 0.6) is 0 Å². The summed E-state index contributed by atoms with van der Waals surface area (Å²) >= 11 is 0. The van der Waals surface area contributed by atoms with Gasteiger partial charge < -0.3 is 14.2 Å². The van der Waals surface area contributed by atoms with E-state index in [0.29, 0.717) is 19.3 Å². The first-order valence-electron chi connectivity index (χ1n) is 36.4. The molecule has 0 saturated heterocycles. The Labute approximate surface area is 516 Å². The van der Waals surface area contributed by atoms with E-state index in [1.807, 2.05) is 0 Å². The number of carbonyl (C=O) groups is 3. The van der Waals surface area contributed by atoms with Gasteiger partial charge >= 0.3 is 17.9 Å². The van der Waals surface area contributed by atoms with Gasteiger partial charge in [-0.2, -0.15) is 0 Å². The summed E-state index contributed by atoms with van der Waals surface area (Å²) in [5.41, 5.74) is 0. The fourth-order valence-corrected chi connectivity index (χ4v) is 10.8. The zero-order valence-corrected chi connectivity index (χ0v) is 55.5. The lowest BCUT2D eigenvalue weighted by Gasteiger charge is -2.18. The molecule has 0 spiro atoms. The Kier molecular flexibility index (Phi) is 68.6. The maximum absolute atomic E-state index is 12.9. The van der Waals surface area contributed by atoms with Gasteiger partial charge in [0.05, 0.1) is 0 Å². The number of carbonyl (C=O) groups excluding carboxylic acids is 3. The van der Waals surface area contributed by atoms with Crippen LogP contribution in [0.3, 0.4) is 0 Å². The Hall–Kier alpha value is -3.15. The third-order valence-electron chi connectivity index (χ3n) is 16.2. The first-order valence-corrected chi connectivity index (χ1v) is 36.4. The zero-order valence-electron chi connectivity index (χ0n) is 55.5. The maximum atomic E-state index is 12.9. The molecule has 0 aromatic carbocycles. The minimum atomic E-state index is -0.775. The highest BCUT2D eigenvalue weighted by molar-refractivity contribution is 5.71. The Morgan fingerprint density at radius 3 is 0.759 bits per heavy atom. The maximum Gasteiger partial charge on any atom is 0.306 e. The van der Waals surface area contributed by atoms with Gasteiger partial charge in [0.2, 0.25) is 0 Å². The van der Waals surface area contributed by atoms with Crippen molar-refractivity contribution in [3.8, 4) is 0 Å². The number of ether oxygens (including phenoxy) is 3. The Bertz CT molecular complexity index is 1520. The summed E-state index contributed by atoms with van der Waals surface area (Å²) in [6.45, 7) is 6.56. The van der Waals surface area contributed by atoms with Crippen LogP contribution >= 0.6 is 0 Å². The van der Waals surface area contributed by atoms with Gasteiger partial charge in [-0.05, 0) is 89.9 Å². The second kappa shape index (κ2) is 71.3. The van der Waals surface area contributed by atoms with Gasteiger partial charge in [-0.25, -0.2) is 0 Å². The molecule has 6 nitrogen and oxygen atoms in total. The van der Waals surface area contributed by atoms with E-state index in [0.717, 1.165) is 96.3 Å². The largest absolute Gasteiger partial charge is 0.462 e. The van der Waals surface area contributed by atoms with Crippen molar-refractivity contribution in [1.29, 1.82) is 0 Å². The molecule has 1 unspecified atom stereocenters. The van der Waals surface area contributed by atoms with Crippen LogP contribution in [0.1, 0.15) is 380 Å². The quantitative estimate of drug-likeness (QED) is 0.0261. The van der Waals surface area contributed by atoms with Gasteiger partial charge in [-0.3, -0.25) is 14.4 Å². The molecular weight excluding hydrogens is 1020 g/mol. The predicted octanol–water partition coefficient (Wildman–Crippen LogP) is 25.2. The van der Waals surface area contributed by atoms with Gasteiger partial charge in [0.1, 0.15) is 13.2 Å². The van der Waals surface area contributed by atoms with Crippen molar-refractivity contribution in [3.05, 3.63) is 72.9 Å². The van der Waals surface area contributed by atoms with E-state index in [9.17, 15) is 14.4 Å². The zero-order chi connectivity index (χ0) is 59.9. The molecule has 0 bridgehead atoms. The fraction of sp³-hybridized carbons (Fsp3) is 0.805. The van der Waals surface area contributed by atoms with E-state index in [2.05, 4.69) is 93.7 Å². The molecule has 0 aromatic heterocycles. The average Bonchev–Trinajstić information content (AvgIpc) is 3.49. The lowest BCUT2D eigenvalue weighted by molar-refractivity contribution is -0.167. The van der Waals surface area contributed by atoms with Crippen molar-refractivity contribution in [2.45, 2.75) is 386 Å². The minimum absolute atomic E-state index is 0.0710. The summed E-state index contributed by atoms with van der Waals surface area (Å²) in [7, 11) is 0. The Morgan fingerprint density at radius 2 is 0.470 bits per heavy atom. The molecule has 0 fully saturated rings. The summed E-state index contributed by atoms with van der Waals surface area (Å²) < 4.78 is 17.0. The molecule has 0 amide bonds. The molecule has 83 heavy (non-hydrogen) atoms. The van der Waals surface area contributed by atoms with E-state index < -0.39 is 6.10 Å². The van der Waals surface area contributed by atoms with Gasteiger partial charge in [0.25, 0.3) is 0 Å². The van der Waals surface area contributed by atoms with Crippen LogP contribution in [0.25, 0.3) is 0 Å². The second-order valence-electron chi connectivity index (χ2n) is 24.5. The topological polar surface area (TPSA) is 78.9 Å². The highest BCUT2D eigenvalue weighted by Crippen LogP contribution is 2.18. The van der Waals surface area contributed by atoms with Gasteiger partial charge in [0.15, 0.2) is 6.10 Å². The summed E-state index contributed by atoms with van der Waals surface area (Å²) in [6, 6.07) is 0. The molecule has 482 valence electrons. The summed E-state index contributed by atoms with van der Waals surface area (Å²) in [5, 5.41) is 0. The van der Waals surface area contributed by atoms with Crippen LogP contribution in [-0.4, -0.2) is 37.2 Å². The van der Waals surface area contributed by atoms with Crippen LogP contribution < -0.4 is 0 Å². The number of unbranched alkanes of at least 4 members (excludes halogenated alkanes) is 44. The van der Waals surface area contributed by atoms with Crippen LogP contribution in [0, 0.1) is 0 Å². The fourth-order valence-electron chi connectivity index (χ4n) is 10.8. The SMILES string of the molecule is CC/C=C\C/C=C\C/C=C\C/C=C\C/C=C\CCCCCCCCCCCCCCCCCCCCCC(=O)OCC(COC(=O)CCCCCCC/C=C\CCCCCC)OC(=O)CCCCCCCCCCCCCCCCCCC. The number of rotatable bonds is 67. The van der Waals surface area contributed by atoms with Crippen LogP contribution in [0.15, 0.2) is 72.9 Å². The van der Waals surface area contributed by atoms with Gasteiger partial charge in [-0.1, -0.05) is 344 Å². The summed E-state index contributed by atoms with van der Waals surface area (Å²) in [5.74, 6) is -0.854. The molecule has 0 saturated carbocycles. The number of allylic oxidation sites excluding steroid dienone is 12. The Balaban J connectivity index is 4.11. The molecule has 0 rings (SSSR count). The standard InChI is InChI=1S/C77H138O6/c1-4-7-10-13-16-19-22-25-27-29-30-31-32-33-34-35-36-37-38-39-40-41-42-43-44-45-46-48-49-52-55-58-61-64-67-70-76(79)82-73-74(72-81-75(78)69-66-63-60-57-54-51-24-21-18-15-12-9-6-3)83-77(80)71-68-65-62-59-56-53-50-47-28-26-23-20-17-14-11-8-5-2/h7,10,16,19,21,24-25,27,30-31,33-34,74H,4-6,8-9,11-15,17-18,20,22-23,26,28-29,32,35-73H2,1-3H3/b10-7-,19-16-,24-21-,27-25-,31-30-,34-33-. The van der Waals surface area contributed by atoms with Crippen molar-refractivity contribution < 1.29 is 28.6 Å². The molecule has 0 heterocycles. The number of esters is 3. The lowest BCUT2D eigenvalue weighted by Crippen LogP contribution is -2.30. The van der Waals surface area contributed by atoms with Crippen molar-refractivity contribution in [3.63, 3.8) is 0 Å². The summed E-state index contributed by atoms with van der Waals surface area (Å²) in [6.07, 6.45) is 93.8. The molecule has 0 aromatic rings. The third kappa shape index (κ3) is 69.5. The lowest BCUT2D eigenvalue weighted by atomic mass is 10.0. The molecule has 0 radical (unpaired) electrons. The monoisotopic (exact) mass is 1160 g/mol. The highest BCUT2D eigenvalue weighted by Gasteiger charge is 2.19. The summed E-state index contributed by atoms with van der Waals surface area (Å²) in [4.78, 5) is 38.4. The van der Waals surface area contributed by atoms with Crippen molar-refractivity contribution >= 4 is 17.9 Å². The normalized spacial score (nSPS) is 12.5. The van der Waals surface area contributed by atoms with Crippen molar-refractivity contribution in [2.75, 3.05) is 13.2 Å². The van der Waals surface area contributed by atoms with Crippen molar-refractivity contribution in [1.82, 2.24) is 0 Å². The van der Waals surface area contributed by atoms with Crippen molar-refractivity contribution in [2.24, 2.45) is 0 Å². The van der Waals surface area contributed by atoms with E-state index in [-0.39, 0.29) is 31.1 Å². The highest BCUT2D eigenvalue weighted by atomic mass is 16.6. The molecule has 0 N–H and O–H groups in total. The van der Waals surface area contributed by atoms with E-state index >= 15 is 0 Å². The molecule has 6 heteroatoms. The Morgan fingerprint density at radius 1 is 0.253 bits per heavy atom. The van der Waals surface area contributed by atoms with E-state index in [4.69, 9.17) is 14.2 Å². The second-order valence-corrected chi connectivity index (χ2v) is 24.5. The predicted molar refractivity (Wildman–Crippen MR) is 362 cm³/mol. The molecule has 0 aliphatic rings. The van der Waals surface area contributed by atoms with Crippen LogP contribution in [0.4, 0.5) is 0 Å². The van der Waals surface area contributed by atoms with E-state index in [1.54, 1.807) is 0 Å². The van der Waals surface area contributed by atoms with Crippen LogP contribution in [-0.2, 0) is 28.6 Å². The molecular formula is C77H138O6. The minimum Gasteiger partial charge on any atom is -0.462 e. The van der Waals surface area contributed by atoms with Crippen LogP contribution in [0.2, 0.25) is 0 Å². The molecule has 1 atom stereocenters. The smallest absolute Gasteiger partial charge is 0.306 e. The molecule has 0 aliphatic carbocycles.